The van der Waals surface area contributed by atoms with Gasteiger partial charge in [0.1, 0.15) is 23.9 Å². The lowest BCUT2D eigenvalue weighted by Crippen LogP contribution is -2.38. The van der Waals surface area contributed by atoms with Crippen LogP contribution in [-0.4, -0.2) is 42.3 Å². The Balaban J connectivity index is 1.42. The number of thioether (sulfide) groups is 1. The van der Waals surface area contributed by atoms with E-state index in [0.29, 0.717) is 33.6 Å². The molecular formula is C32H30FN3O5S. The molecule has 0 spiro atoms. The summed E-state index contributed by atoms with van der Waals surface area (Å²) in [6.07, 6.45) is 0.0506. The Morgan fingerprint density at radius 1 is 1.00 bits per heavy atom. The lowest BCUT2D eigenvalue weighted by Gasteiger charge is -2.36. The molecule has 0 bridgehead atoms. The van der Waals surface area contributed by atoms with Crippen LogP contribution in [0.25, 0.3) is 0 Å². The second-order valence-corrected chi connectivity index (χ2v) is 10.4. The van der Waals surface area contributed by atoms with Crippen LogP contribution in [-0.2, 0) is 25.6 Å². The maximum Gasteiger partial charge on any atom is 0.338 e. The number of fused-ring (bicyclic) bond motifs is 1. The van der Waals surface area contributed by atoms with Gasteiger partial charge in [-0.2, -0.15) is 0 Å². The summed E-state index contributed by atoms with van der Waals surface area (Å²) in [6, 6.07) is 22.3. The Kier molecular flexibility index (Phi) is 9.35. The molecule has 0 aromatic heterocycles. The number of carbonyl (C=O) groups excluding carboxylic acids is 2. The highest BCUT2D eigenvalue weighted by atomic mass is 32.2. The van der Waals surface area contributed by atoms with Gasteiger partial charge in [0, 0.05) is 19.4 Å². The molecule has 5 rings (SSSR count). The first kappa shape index (κ1) is 29.1. The van der Waals surface area contributed by atoms with Crippen LogP contribution in [0.4, 0.5) is 4.39 Å². The van der Waals surface area contributed by atoms with Gasteiger partial charge in [-0.1, -0.05) is 54.2 Å². The fraction of sp³-hybridized carbons (Fsp3) is 0.219. The molecule has 0 saturated heterocycles. The van der Waals surface area contributed by atoms with E-state index in [4.69, 9.17) is 19.2 Å². The van der Waals surface area contributed by atoms with E-state index in [-0.39, 0.29) is 37.9 Å². The molecule has 0 saturated carbocycles. The Morgan fingerprint density at radius 2 is 1.76 bits per heavy atom. The minimum absolute atomic E-state index is 0.0506. The monoisotopic (exact) mass is 587 g/mol. The Hall–Kier alpha value is -4.41. The summed E-state index contributed by atoms with van der Waals surface area (Å²) >= 11 is 1.39. The smallest absolute Gasteiger partial charge is 0.338 e. The number of para-hydroxylation sites is 1. The van der Waals surface area contributed by atoms with Crippen molar-refractivity contribution in [3.8, 4) is 11.5 Å². The van der Waals surface area contributed by atoms with Crippen LogP contribution in [0, 0.1) is 5.82 Å². The molecule has 3 aromatic carbocycles. The van der Waals surface area contributed by atoms with Gasteiger partial charge in [0.15, 0.2) is 5.17 Å². The number of halogens is 1. The average Bonchev–Trinajstić information content (AvgIpc) is 3.38. The third kappa shape index (κ3) is 6.89. The molecule has 216 valence electrons. The quantitative estimate of drug-likeness (QED) is 0.215. The van der Waals surface area contributed by atoms with Crippen molar-refractivity contribution < 1.29 is 28.2 Å². The van der Waals surface area contributed by atoms with Gasteiger partial charge >= 0.3 is 5.97 Å². The zero-order chi connectivity index (χ0) is 29.5. The molecular weight excluding hydrogens is 557 g/mol. The number of amidine groups is 1. The number of esters is 1. The van der Waals surface area contributed by atoms with Crippen LogP contribution in [0.3, 0.4) is 0 Å². The largest absolute Gasteiger partial charge is 0.460 e. The maximum absolute atomic E-state index is 13.4. The van der Waals surface area contributed by atoms with Gasteiger partial charge in [-0.15, -0.1) is 0 Å². The molecule has 3 aromatic rings. The van der Waals surface area contributed by atoms with Gasteiger partial charge in [0.2, 0.25) is 5.91 Å². The van der Waals surface area contributed by atoms with Crippen molar-refractivity contribution >= 4 is 28.8 Å². The summed E-state index contributed by atoms with van der Waals surface area (Å²) in [7, 11) is 1.54. The van der Waals surface area contributed by atoms with Gasteiger partial charge in [-0.3, -0.25) is 4.79 Å². The number of hydrogen-bond acceptors (Lipinski definition) is 8. The van der Waals surface area contributed by atoms with E-state index >= 15 is 0 Å². The van der Waals surface area contributed by atoms with Gasteiger partial charge in [0.05, 0.1) is 30.3 Å². The third-order valence-electron chi connectivity index (χ3n) is 6.64. The zero-order valence-electron chi connectivity index (χ0n) is 23.2. The van der Waals surface area contributed by atoms with Crippen LogP contribution in [0.1, 0.15) is 30.5 Å². The number of aliphatic imine (C=N–C) groups is 1. The van der Waals surface area contributed by atoms with E-state index in [0.717, 1.165) is 11.1 Å². The molecule has 2 aliphatic rings. The summed E-state index contributed by atoms with van der Waals surface area (Å²) in [5.41, 5.74) is 3.14. The average molecular weight is 588 g/mol. The Bertz CT molecular complexity index is 1540. The summed E-state index contributed by atoms with van der Waals surface area (Å²) in [5.74, 6) is 0.217. The molecule has 0 aliphatic carbocycles. The minimum Gasteiger partial charge on any atom is -0.460 e. The number of benzene rings is 3. The molecule has 0 radical (unpaired) electrons. The van der Waals surface area contributed by atoms with Crippen molar-refractivity contribution in [1.29, 1.82) is 0 Å². The van der Waals surface area contributed by atoms with Gasteiger partial charge in [0.25, 0.3) is 0 Å². The second-order valence-electron chi connectivity index (χ2n) is 9.59. The molecule has 42 heavy (non-hydrogen) atoms. The van der Waals surface area contributed by atoms with Crippen LogP contribution in [0.2, 0.25) is 0 Å². The van der Waals surface area contributed by atoms with E-state index in [9.17, 15) is 14.0 Å². The second kappa shape index (κ2) is 13.5. The first-order chi connectivity index (χ1) is 20.4. The van der Waals surface area contributed by atoms with E-state index in [1.165, 1.54) is 31.0 Å². The van der Waals surface area contributed by atoms with Crippen LogP contribution >= 0.6 is 11.8 Å². The highest BCUT2D eigenvalue weighted by molar-refractivity contribution is 8.16. The van der Waals surface area contributed by atoms with Gasteiger partial charge in [-0.05, 0) is 59.9 Å². The fourth-order valence-corrected chi connectivity index (χ4v) is 5.61. The third-order valence-corrected chi connectivity index (χ3v) is 7.53. The highest BCUT2D eigenvalue weighted by Gasteiger charge is 2.41. The summed E-state index contributed by atoms with van der Waals surface area (Å²) in [6.45, 7) is 2.40. The predicted octanol–water partition coefficient (Wildman–Crippen LogP) is 6.09. The normalized spacial score (nSPS) is 16.0. The number of nitrogens with zero attached hydrogens (tertiary/aromatic N) is 2. The van der Waals surface area contributed by atoms with Crippen LogP contribution in [0.5, 0.6) is 11.5 Å². The minimum atomic E-state index is -0.613. The molecule has 10 heteroatoms. The lowest BCUT2D eigenvalue weighted by atomic mass is 9.93. The lowest BCUT2D eigenvalue weighted by molar-refractivity contribution is -0.141. The van der Waals surface area contributed by atoms with Crippen LogP contribution < -0.4 is 10.1 Å². The number of methoxy groups -OCH3 is 1. The number of ether oxygens (including phenoxy) is 3. The summed E-state index contributed by atoms with van der Waals surface area (Å²) in [5, 5.41) is 5.42. The molecule has 2 aliphatic heterocycles. The number of carbonyl (C=O) groups is 2. The van der Waals surface area contributed by atoms with Gasteiger partial charge in [-0.25, -0.2) is 14.2 Å². The maximum atomic E-state index is 13.4. The SMILES string of the molecule is COCCOC(=O)C1=C(C)N=C2SC=C(CC(=O)NCc3ccc(F)cc3)N2[C@H]1c1cccc(Oc2ccccc2)c1. The van der Waals surface area contributed by atoms with Crippen molar-refractivity contribution in [3.63, 3.8) is 0 Å². The van der Waals surface area contributed by atoms with Crippen molar-refractivity contribution in [3.05, 3.63) is 118 Å². The summed E-state index contributed by atoms with van der Waals surface area (Å²) < 4.78 is 30.0. The van der Waals surface area contributed by atoms with Crippen LogP contribution in [0.15, 0.2) is 106 Å². The first-order valence-electron chi connectivity index (χ1n) is 13.4. The summed E-state index contributed by atoms with van der Waals surface area (Å²) in [4.78, 5) is 33.1. The fourth-order valence-electron chi connectivity index (χ4n) is 4.64. The van der Waals surface area contributed by atoms with E-state index in [1.54, 1.807) is 19.1 Å². The Labute approximate surface area is 247 Å². The molecule has 1 N–H and O–H groups in total. The van der Waals surface area contributed by atoms with Crippen molar-refractivity contribution in [2.75, 3.05) is 20.3 Å². The van der Waals surface area contributed by atoms with Crippen molar-refractivity contribution in [2.45, 2.75) is 25.9 Å². The number of allylic oxidation sites excluding steroid dienone is 1. The predicted molar refractivity (Wildman–Crippen MR) is 159 cm³/mol. The molecule has 1 amide bonds. The van der Waals surface area contributed by atoms with Crippen molar-refractivity contribution in [1.82, 2.24) is 10.2 Å². The number of rotatable bonds is 11. The standard InChI is InChI=1S/C32H30FN3O5S/c1-21-29(31(38)40-16-15-39-2)30(23-7-6-10-27(17-23)41-26-8-4-3-5-9-26)36-25(20-42-32(36)35-21)18-28(37)34-19-22-11-13-24(33)14-12-22/h3-14,17,20,30H,15-16,18-19H2,1-2H3,(H,34,37)/t30-/m0/s1. The van der Waals surface area contributed by atoms with Crippen molar-refractivity contribution in [2.24, 2.45) is 4.99 Å². The molecule has 8 nitrogen and oxygen atoms in total. The topological polar surface area (TPSA) is 89.5 Å². The molecule has 2 heterocycles. The molecule has 1 atom stereocenters. The number of hydrogen-bond donors (Lipinski definition) is 1. The molecule has 0 unspecified atom stereocenters. The van der Waals surface area contributed by atoms with E-state index < -0.39 is 12.0 Å². The number of amides is 1. The number of nitrogens with one attached hydrogen (secondary N) is 1. The first-order valence-corrected chi connectivity index (χ1v) is 14.3. The van der Waals surface area contributed by atoms with Gasteiger partial charge < -0.3 is 24.4 Å². The molecule has 0 fully saturated rings. The van der Waals surface area contributed by atoms with E-state index in [1.807, 2.05) is 64.9 Å². The zero-order valence-corrected chi connectivity index (χ0v) is 24.0. The van der Waals surface area contributed by atoms with E-state index in [2.05, 4.69) is 5.32 Å². The highest BCUT2D eigenvalue weighted by Crippen LogP contribution is 2.45. The Morgan fingerprint density at radius 3 is 2.52 bits per heavy atom.